The molecule has 0 amide bonds. The van der Waals surface area contributed by atoms with Gasteiger partial charge in [0.1, 0.15) is 23.3 Å². The van der Waals surface area contributed by atoms with Crippen molar-refractivity contribution in [3.63, 3.8) is 0 Å². The molecule has 16 rings (SSSR count). The molecular formula is C76H100N20O12S4. The molecule has 0 saturated heterocycles. The first-order chi connectivity index (χ1) is 52.8. The standard InChI is InChI=1S/4C19H25N5O3S/c2*1-11-5-4-6-13-14(7-9-21-16(11)13)19(25)24-17-12(2)23(28(3,26)27)10-8-15(17)18(20)22-24;2*1-11-5-4-6-13-14(7-9-21-16(11)13)19(25)24-18(20)15-8-10-23(28(3,26)27)12(2)17(15)22-24/h2*4-6,12,14,21H,7-10H2,1-3H3,(H2,20,22);2*4-6,12,14,21H,7-10,20H2,1-3H3. The van der Waals surface area contributed by atoms with E-state index in [0.29, 0.717) is 150 Å². The van der Waals surface area contributed by atoms with Crippen molar-refractivity contribution >= 4 is 110 Å². The van der Waals surface area contributed by atoms with E-state index in [1.807, 2.05) is 100 Å². The van der Waals surface area contributed by atoms with E-state index in [9.17, 15) is 52.8 Å². The molecule has 36 heteroatoms. The Morgan fingerprint density at radius 2 is 0.598 bits per heavy atom. The van der Waals surface area contributed by atoms with Crippen LogP contribution in [0.2, 0.25) is 0 Å². The highest BCUT2D eigenvalue weighted by molar-refractivity contribution is 7.89. The van der Waals surface area contributed by atoms with E-state index >= 15 is 0 Å². The fourth-order valence-corrected chi connectivity index (χ4v) is 22.1. The summed E-state index contributed by atoms with van der Waals surface area (Å²) in [5.41, 5.74) is 42.4. The van der Waals surface area contributed by atoms with E-state index in [1.54, 1.807) is 27.7 Å². The molecule has 0 bridgehead atoms. The summed E-state index contributed by atoms with van der Waals surface area (Å²) in [4.78, 5) is 53.7. The van der Waals surface area contributed by atoms with Crippen LogP contribution in [-0.4, -0.2) is 191 Å². The number of aryl methyl sites for hydroxylation is 4. The smallest absolute Gasteiger partial charge is 0.256 e. The highest BCUT2D eigenvalue weighted by Crippen LogP contribution is 2.45. The van der Waals surface area contributed by atoms with Gasteiger partial charge in [-0.15, -0.1) is 10.2 Å². The van der Waals surface area contributed by atoms with E-state index < -0.39 is 64.3 Å². The number of anilines is 8. The SMILES string of the molecule is Cc1cccc2c1NCCC2C(=O)n1nc(N)c2c1C(C)N(S(C)(=O)=O)CC2.Cc1cccc2c1NCCC2C(=O)n1nc(N)c2c1C(C)N(S(C)(=O)=O)CC2.Cc1cccc2c1NCCC2C(=O)n1nc2c(c1N)CCN(S(C)(=O)=O)C2C.Cc1cccc2c1NCCC2C(=O)n1nc2c(c1N)CCN(S(C)(=O)=O)C2C. The second-order valence-electron chi connectivity index (χ2n) is 30.4. The minimum absolute atomic E-state index is 0.163. The van der Waals surface area contributed by atoms with Gasteiger partial charge in [-0.05, 0) is 151 Å². The lowest BCUT2D eigenvalue weighted by atomic mass is 9.88. The average molecular weight is 1610 g/mol. The van der Waals surface area contributed by atoms with E-state index in [4.69, 9.17) is 22.9 Å². The molecule has 8 unspecified atom stereocenters. The molecule has 0 aliphatic carbocycles. The van der Waals surface area contributed by atoms with Crippen LogP contribution >= 0.6 is 0 Å². The largest absolute Gasteiger partial charge is 0.385 e. The molecule has 0 saturated carbocycles. The highest BCUT2D eigenvalue weighted by atomic mass is 32.2. The van der Waals surface area contributed by atoms with E-state index in [0.717, 1.165) is 89.5 Å². The summed E-state index contributed by atoms with van der Waals surface area (Å²) in [6.07, 6.45) is 9.17. The zero-order valence-corrected chi connectivity index (χ0v) is 68.3. The van der Waals surface area contributed by atoms with Crippen molar-refractivity contribution in [1.29, 1.82) is 0 Å². The molecule has 32 nitrogen and oxygen atoms in total. The number of nitrogens with zero attached hydrogens (tertiary/aromatic N) is 12. The van der Waals surface area contributed by atoms with Crippen molar-refractivity contribution in [2.75, 3.05) is 122 Å². The molecule has 4 aromatic heterocycles. The average Bonchev–Trinajstić information content (AvgIpc) is 1.59. The maximum Gasteiger partial charge on any atom is 0.256 e. The van der Waals surface area contributed by atoms with Crippen molar-refractivity contribution in [1.82, 2.24) is 56.3 Å². The van der Waals surface area contributed by atoms with Crippen molar-refractivity contribution in [2.45, 2.75) is 155 Å². The van der Waals surface area contributed by atoms with Crippen LogP contribution in [0.1, 0.15) is 210 Å². The number of sulfonamides is 4. The number of nitrogens with two attached hydrogens (primary N) is 4. The first-order valence-electron chi connectivity index (χ1n) is 37.7. The summed E-state index contributed by atoms with van der Waals surface area (Å²) < 4.78 is 108. The number of hydrogen-bond acceptors (Lipinski definition) is 24. The molecule has 0 radical (unpaired) electrons. The maximum atomic E-state index is 13.5. The Kier molecular flexibility index (Phi) is 22.1. The first kappa shape index (κ1) is 80.5. The maximum absolute atomic E-state index is 13.5. The second-order valence-corrected chi connectivity index (χ2v) is 38.2. The molecule has 8 aliphatic rings. The van der Waals surface area contributed by atoms with E-state index in [2.05, 4.69) is 41.7 Å². The van der Waals surface area contributed by atoms with Crippen LogP contribution in [0.25, 0.3) is 0 Å². The van der Waals surface area contributed by atoms with Gasteiger partial charge in [-0.1, -0.05) is 72.8 Å². The summed E-state index contributed by atoms with van der Waals surface area (Å²) in [5, 5.41) is 31.1. The zero-order valence-electron chi connectivity index (χ0n) is 65.1. The van der Waals surface area contributed by atoms with Crippen LogP contribution in [0.4, 0.5) is 46.0 Å². The Hall–Kier alpha value is -9.56. The Balaban J connectivity index is 0.000000131. The summed E-state index contributed by atoms with van der Waals surface area (Å²) in [7, 11) is -13.5. The highest BCUT2D eigenvalue weighted by Gasteiger charge is 2.44. The number of nitrogen functional groups attached to an aromatic ring is 4. The Morgan fingerprint density at radius 3 is 0.857 bits per heavy atom. The van der Waals surface area contributed by atoms with Crippen LogP contribution in [0.3, 0.4) is 0 Å². The normalized spacial score (nSPS) is 22.2. The number of hydrogen-bond donors (Lipinski definition) is 8. The Labute approximate surface area is 653 Å². The number of rotatable bonds is 8. The topological polar surface area (TPSA) is 441 Å². The van der Waals surface area contributed by atoms with Gasteiger partial charge in [0.2, 0.25) is 40.1 Å². The monoisotopic (exact) mass is 1610 g/mol. The molecule has 0 fully saturated rings. The van der Waals surface area contributed by atoms with Gasteiger partial charge in [-0.2, -0.15) is 36.8 Å². The second kappa shape index (κ2) is 30.7. The third-order valence-electron chi connectivity index (χ3n) is 23.2. The summed E-state index contributed by atoms with van der Waals surface area (Å²) in [6.45, 7) is 19.3. The van der Waals surface area contributed by atoms with Crippen LogP contribution in [0, 0.1) is 27.7 Å². The molecule has 4 aromatic carbocycles. The van der Waals surface area contributed by atoms with Crippen LogP contribution in [0.5, 0.6) is 0 Å². The van der Waals surface area contributed by atoms with Crippen molar-refractivity contribution in [3.05, 3.63) is 162 Å². The number of carbonyl (C=O) groups is 4. The van der Waals surface area contributed by atoms with Crippen LogP contribution in [-0.2, 0) is 65.8 Å². The molecule has 12 heterocycles. The van der Waals surface area contributed by atoms with Gasteiger partial charge >= 0.3 is 0 Å². The molecule has 0 spiro atoms. The van der Waals surface area contributed by atoms with Crippen molar-refractivity contribution in [3.8, 4) is 0 Å². The molecule has 8 aromatic rings. The quantitative estimate of drug-likeness (QED) is 0.0726. The number of fused-ring (bicyclic) bond motifs is 8. The molecular weight excluding hydrogens is 1510 g/mol. The van der Waals surface area contributed by atoms with Gasteiger partial charge in [-0.3, -0.25) is 19.2 Å². The van der Waals surface area contributed by atoms with Gasteiger partial charge in [0, 0.05) is 97.4 Å². The third-order valence-corrected chi connectivity index (χ3v) is 28.7. The van der Waals surface area contributed by atoms with E-state index in [-0.39, 0.29) is 47.3 Å². The number of para-hydroxylation sites is 4. The number of carbonyl (C=O) groups excluding carboxylic acids is 4. The lowest BCUT2D eigenvalue weighted by Crippen LogP contribution is -2.40. The predicted molar refractivity (Wildman–Crippen MR) is 432 cm³/mol. The summed E-state index contributed by atoms with van der Waals surface area (Å²) in [5.74, 6) is -0.754. The van der Waals surface area contributed by atoms with Crippen LogP contribution in [0.15, 0.2) is 72.8 Å². The summed E-state index contributed by atoms with van der Waals surface area (Å²) >= 11 is 0. The van der Waals surface area contributed by atoms with Crippen LogP contribution < -0.4 is 44.2 Å². The Morgan fingerprint density at radius 1 is 0.357 bits per heavy atom. The number of nitrogens with one attached hydrogen (secondary N) is 4. The van der Waals surface area contributed by atoms with Gasteiger partial charge in [0.15, 0.2) is 0 Å². The van der Waals surface area contributed by atoms with E-state index in [1.165, 1.54) is 61.0 Å². The summed E-state index contributed by atoms with van der Waals surface area (Å²) in [6, 6.07) is 21.8. The number of aromatic nitrogens is 8. The fraction of sp³-hybridized carbons (Fsp3) is 0.474. The van der Waals surface area contributed by atoms with Crippen molar-refractivity contribution < 1.29 is 52.8 Å². The fourth-order valence-electron chi connectivity index (χ4n) is 17.7. The third kappa shape index (κ3) is 14.9. The zero-order chi connectivity index (χ0) is 80.9. The predicted octanol–water partition coefficient (Wildman–Crippen LogP) is 7.57. The first-order valence-corrected chi connectivity index (χ1v) is 45.1. The molecule has 8 atom stereocenters. The Bertz CT molecular complexity index is 5250. The molecule has 600 valence electrons. The molecule has 12 N–H and O–H groups in total. The van der Waals surface area contributed by atoms with Gasteiger partial charge in [0.05, 0.1) is 95.6 Å². The molecule has 112 heavy (non-hydrogen) atoms. The number of benzene rings is 4. The minimum atomic E-state index is -3.40. The molecule has 8 aliphatic heterocycles. The van der Waals surface area contributed by atoms with Gasteiger partial charge in [0.25, 0.3) is 23.6 Å². The van der Waals surface area contributed by atoms with Gasteiger partial charge < -0.3 is 44.2 Å². The minimum Gasteiger partial charge on any atom is -0.385 e. The lowest BCUT2D eigenvalue weighted by molar-refractivity contribution is 0.0839. The van der Waals surface area contributed by atoms with Crippen molar-refractivity contribution in [2.24, 2.45) is 0 Å². The lowest BCUT2D eigenvalue weighted by Gasteiger charge is -2.33. The van der Waals surface area contributed by atoms with Gasteiger partial charge in [-0.25, -0.2) is 43.0 Å².